The average molecular weight is 425 g/mol. The molecule has 1 heterocycles. The first-order valence-corrected chi connectivity index (χ1v) is 9.80. The summed E-state index contributed by atoms with van der Waals surface area (Å²) in [7, 11) is 3.21. The summed E-state index contributed by atoms with van der Waals surface area (Å²) in [5, 5.41) is 3.40. The number of hydrogen-bond donors (Lipinski definition) is 3. The molecule has 1 aromatic heterocycles. The van der Waals surface area contributed by atoms with Crippen LogP contribution in [0, 0.1) is 0 Å². The predicted molar refractivity (Wildman–Crippen MR) is 120 cm³/mol. The van der Waals surface area contributed by atoms with Crippen molar-refractivity contribution in [3.8, 4) is 17.2 Å². The second-order valence-corrected chi connectivity index (χ2v) is 6.82. The lowest BCUT2D eigenvalue weighted by Gasteiger charge is -2.13. The molecule has 0 spiro atoms. The summed E-state index contributed by atoms with van der Waals surface area (Å²) in [4.78, 5) is 12.3. The highest BCUT2D eigenvalue weighted by Crippen LogP contribution is 2.27. The molecular weight excluding hydrogens is 400 g/mol. The highest BCUT2D eigenvalue weighted by molar-refractivity contribution is 7.80. The van der Waals surface area contributed by atoms with Crippen molar-refractivity contribution in [2.24, 2.45) is 0 Å². The number of benzene rings is 2. The van der Waals surface area contributed by atoms with Gasteiger partial charge in [-0.2, -0.15) is 0 Å². The van der Waals surface area contributed by atoms with E-state index < -0.39 is 0 Å². The number of hydrogen-bond acceptors (Lipinski definition) is 4. The lowest BCUT2D eigenvalue weighted by Crippen LogP contribution is -2.47. The third-order valence-electron chi connectivity index (χ3n) is 4.47. The fraction of sp³-hybridized carbons (Fsp3) is 0.182. The maximum Gasteiger partial charge on any atom is 0.269 e. The van der Waals surface area contributed by atoms with Gasteiger partial charge in [0.2, 0.25) is 0 Å². The molecule has 3 aromatic rings. The van der Waals surface area contributed by atoms with Crippen molar-refractivity contribution in [2.45, 2.75) is 6.42 Å². The van der Waals surface area contributed by atoms with E-state index in [1.807, 2.05) is 59.4 Å². The highest BCUT2D eigenvalue weighted by atomic mass is 32.1. The van der Waals surface area contributed by atoms with Crippen molar-refractivity contribution in [1.29, 1.82) is 0 Å². The molecule has 0 saturated heterocycles. The number of hydrazine groups is 1. The van der Waals surface area contributed by atoms with Gasteiger partial charge in [-0.1, -0.05) is 6.07 Å². The Kier molecular flexibility index (Phi) is 7.29. The molecule has 3 rings (SSSR count). The molecule has 0 aliphatic heterocycles. The van der Waals surface area contributed by atoms with Crippen LogP contribution in [-0.2, 0) is 6.42 Å². The van der Waals surface area contributed by atoms with E-state index in [1.54, 1.807) is 26.4 Å². The summed E-state index contributed by atoms with van der Waals surface area (Å²) in [6.07, 6.45) is 4.63. The van der Waals surface area contributed by atoms with Crippen LogP contribution in [0.3, 0.4) is 0 Å². The van der Waals surface area contributed by atoms with Crippen molar-refractivity contribution < 1.29 is 14.3 Å². The monoisotopic (exact) mass is 424 g/mol. The molecule has 1 amide bonds. The zero-order valence-corrected chi connectivity index (χ0v) is 17.7. The van der Waals surface area contributed by atoms with Crippen LogP contribution in [0.4, 0.5) is 0 Å². The van der Waals surface area contributed by atoms with Gasteiger partial charge >= 0.3 is 0 Å². The molecule has 0 aliphatic rings. The SMILES string of the molecule is COc1ccc(CCNC(=S)NNC(=O)c2ccc(-n3cccc3)cc2)cc1OC. The van der Waals surface area contributed by atoms with Gasteiger partial charge in [0.15, 0.2) is 16.6 Å². The molecule has 156 valence electrons. The number of thiocarbonyl (C=S) groups is 1. The van der Waals surface area contributed by atoms with E-state index in [2.05, 4.69) is 16.2 Å². The summed E-state index contributed by atoms with van der Waals surface area (Å²) >= 11 is 5.22. The largest absolute Gasteiger partial charge is 0.493 e. The van der Waals surface area contributed by atoms with Crippen LogP contribution in [-0.4, -0.2) is 36.4 Å². The van der Waals surface area contributed by atoms with Gasteiger partial charge < -0.3 is 19.4 Å². The minimum atomic E-state index is -0.266. The quantitative estimate of drug-likeness (QED) is 0.400. The van der Waals surface area contributed by atoms with Crippen molar-refractivity contribution in [2.75, 3.05) is 20.8 Å². The third kappa shape index (κ3) is 5.51. The van der Waals surface area contributed by atoms with Gasteiger partial charge in [-0.3, -0.25) is 15.6 Å². The zero-order chi connectivity index (χ0) is 21.3. The van der Waals surface area contributed by atoms with Crippen LogP contribution in [0.5, 0.6) is 11.5 Å². The molecular formula is C22H24N4O3S. The van der Waals surface area contributed by atoms with Crippen molar-refractivity contribution in [3.63, 3.8) is 0 Å². The Morgan fingerprint density at radius 3 is 2.33 bits per heavy atom. The molecule has 3 N–H and O–H groups in total. The summed E-state index contributed by atoms with van der Waals surface area (Å²) in [6.45, 7) is 0.600. The first-order chi connectivity index (χ1) is 14.6. The van der Waals surface area contributed by atoms with Crippen LogP contribution < -0.4 is 25.6 Å². The highest BCUT2D eigenvalue weighted by Gasteiger charge is 2.07. The number of amides is 1. The molecule has 30 heavy (non-hydrogen) atoms. The number of carbonyl (C=O) groups is 1. The smallest absolute Gasteiger partial charge is 0.269 e. The van der Waals surface area contributed by atoms with Gasteiger partial charge in [-0.15, -0.1) is 0 Å². The Hall–Kier alpha value is -3.52. The Balaban J connectivity index is 1.42. The average Bonchev–Trinajstić information content (AvgIpc) is 3.32. The molecule has 0 atom stereocenters. The number of methoxy groups -OCH3 is 2. The van der Waals surface area contributed by atoms with E-state index in [1.165, 1.54) is 0 Å². The maximum atomic E-state index is 12.3. The van der Waals surface area contributed by atoms with E-state index >= 15 is 0 Å². The Morgan fingerprint density at radius 1 is 0.967 bits per heavy atom. The van der Waals surface area contributed by atoms with Crippen LogP contribution in [0.1, 0.15) is 15.9 Å². The number of ether oxygens (including phenoxy) is 2. The summed E-state index contributed by atoms with van der Waals surface area (Å²) in [5.74, 6) is 1.11. The van der Waals surface area contributed by atoms with Gasteiger partial charge in [0, 0.05) is 30.2 Å². The molecule has 8 heteroatoms. The number of nitrogens with one attached hydrogen (secondary N) is 3. The van der Waals surface area contributed by atoms with Crippen LogP contribution in [0.25, 0.3) is 5.69 Å². The summed E-state index contributed by atoms with van der Waals surface area (Å²) in [6, 6.07) is 17.0. The van der Waals surface area contributed by atoms with Gasteiger partial charge in [-0.05, 0) is 72.7 Å². The second-order valence-electron chi connectivity index (χ2n) is 6.41. The normalized spacial score (nSPS) is 10.2. The van der Waals surface area contributed by atoms with Crippen LogP contribution in [0.2, 0.25) is 0 Å². The number of rotatable bonds is 7. The molecule has 0 unspecified atom stereocenters. The molecule has 0 bridgehead atoms. The van der Waals surface area contributed by atoms with Crippen molar-refractivity contribution in [3.05, 3.63) is 78.1 Å². The van der Waals surface area contributed by atoms with Gasteiger partial charge in [0.1, 0.15) is 0 Å². The second kappa shape index (κ2) is 10.3. The number of aromatic nitrogens is 1. The Bertz CT molecular complexity index is 988. The standard InChI is InChI=1S/C22H24N4O3S/c1-28-19-10-5-16(15-20(19)29-2)11-12-23-22(30)25-24-21(27)17-6-8-18(9-7-17)26-13-3-4-14-26/h3-10,13-15H,11-12H2,1-2H3,(H,24,27)(H2,23,25,30). The van der Waals surface area contributed by atoms with Gasteiger partial charge in [-0.25, -0.2) is 0 Å². The van der Waals surface area contributed by atoms with E-state index in [0.717, 1.165) is 17.7 Å². The molecule has 7 nitrogen and oxygen atoms in total. The Morgan fingerprint density at radius 2 is 1.67 bits per heavy atom. The fourth-order valence-corrected chi connectivity index (χ4v) is 3.03. The summed E-state index contributed by atoms with van der Waals surface area (Å²) in [5.41, 5.74) is 7.92. The molecule has 0 radical (unpaired) electrons. The minimum Gasteiger partial charge on any atom is -0.493 e. The van der Waals surface area contributed by atoms with Crippen molar-refractivity contribution >= 4 is 23.2 Å². The van der Waals surface area contributed by atoms with E-state index in [-0.39, 0.29) is 5.91 Å². The lowest BCUT2D eigenvalue weighted by molar-refractivity contribution is 0.0943. The van der Waals surface area contributed by atoms with Crippen LogP contribution in [0.15, 0.2) is 67.0 Å². The fourth-order valence-electron chi connectivity index (χ4n) is 2.88. The molecule has 2 aromatic carbocycles. The van der Waals surface area contributed by atoms with E-state index in [9.17, 15) is 4.79 Å². The number of carbonyl (C=O) groups excluding carboxylic acids is 1. The van der Waals surface area contributed by atoms with E-state index in [0.29, 0.717) is 28.7 Å². The molecule has 0 saturated carbocycles. The topological polar surface area (TPSA) is 76.5 Å². The van der Waals surface area contributed by atoms with Gasteiger partial charge in [0.25, 0.3) is 5.91 Å². The first-order valence-electron chi connectivity index (χ1n) is 9.39. The third-order valence-corrected chi connectivity index (χ3v) is 4.72. The minimum absolute atomic E-state index is 0.266. The predicted octanol–water partition coefficient (Wildman–Crippen LogP) is 2.85. The molecule has 0 fully saturated rings. The Labute approximate surface area is 181 Å². The van der Waals surface area contributed by atoms with Crippen LogP contribution >= 0.6 is 12.2 Å². The first kappa shape index (κ1) is 21.2. The zero-order valence-electron chi connectivity index (χ0n) is 16.8. The summed E-state index contributed by atoms with van der Waals surface area (Å²) < 4.78 is 12.5. The molecule has 0 aliphatic carbocycles. The van der Waals surface area contributed by atoms with Gasteiger partial charge in [0.05, 0.1) is 14.2 Å². The van der Waals surface area contributed by atoms with E-state index in [4.69, 9.17) is 21.7 Å². The maximum absolute atomic E-state index is 12.3. The number of nitrogens with zero attached hydrogens (tertiary/aromatic N) is 1. The van der Waals surface area contributed by atoms with Crippen molar-refractivity contribution in [1.82, 2.24) is 20.7 Å². The lowest BCUT2D eigenvalue weighted by atomic mass is 10.1.